The first-order valence-electron chi connectivity index (χ1n) is 5.31. The topological polar surface area (TPSA) is 72.3 Å². The van der Waals surface area contributed by atoms with Gasteiger partial charge in [-0.3, -0.25) is 4.90 Å². The molecule has 2 amide bonds. The maximum absolute atomic E-state index is 11.4. The molecule has 4 heteroatoms. The number of carbonyl (C=O) groups is 1. The zero-order valence-electron chi connectivity index (χ0n) is 10.0. The summed E-state index contributed by atoms with van der Waals surface area (Å²) in [4.78, 5) is 12.9. The van der Waals surface area contributed by atoms with Gasteiger partial charge in [-0.25, -0.2) is 4.79 Å². The van der Waals surface area contributed by atoms with Gasteiger partial charge in [0.15, 0.2) is 0 Å². The lowest BCUT2D eigenvalue weighted by atomic mass is 10.1. The van der Waals surface area contributed by atoms with Gasteiger partial charge in [-0.15, -0.1) is 0 Å². The molecule has 0 spiro atoms. The number of benzene rings is 1. The average Bonchev–Trinajstić information content (AvgIpc) is 2.11. The molecule has 0 fully saturated rings. The predicted molar refractivity (Wildman–Crippen MR) is 66.5 cm³/mol. The van der Waals surface area contributed by atoms with Crippen molar-refractivity contribution in [3.05, 3.63) is 29.3 Å². The summed E-state index contributed by atoms with van der Waals surface area (Å²) >= 11 is 0. The second-order valence-electron chi connectivity index (χ2n) is 4.27. The van der Waals surface area contributed by atoms with Crippen LogP contribution < -0.4 is 16.4 Å². The van der Waals surface area contributed by atoms with Crippen molar-refractivity contribution in [2.45, 2.75) is 26.8 Å². The van der Waals surface area contributed by atoms with Gasteiger partial charge in [0.05, 0.1) is 0 Å². The fourth-order valence-corrected chi connectivity index (χ4v) is 1.72. The Hall–Kier alpha value is -1.55. The van der Waals surface area contributed by atoms with Crippen LogP contribution in [0.5, 0.6) is 0 Å². The Morgan fingerprint density at radius 2 is 1.81 bits per heavy atom. The number of rotatable bonds is 3. The molecule has 0 saturated heterocycles. The lowest BCUT2D eigenvalue weighted by Crippen LogP contribution is -2.43. The highest BCUT2D eigenvalue weighted by Gasteiger charge is 2.14. The van der Waals surface area contributed by atoms with E-state index < -0.39 is 6.03 Å². The molecular weight excluding hydrogens is 202 g/mol. The second-order valence-corrected chi connectivity index (χ2v) is 4.27. The van der Waals surface area contributed by atoms with Crippen molar-refractivity contribution in [2.75, 3.05) is 11.4 Å². The Kier molecular flexibility index (Phi) is 3.90. The van der Waals surface area contributed by atoms with E-state index in [4.69, 9.17) is 11.5 Å². The summed E-state index contributed by atoms with van der Waals surface area (Å²) in [5.41, 5.74) is 14.1. The van der Waals surface area contributed by atoms with Crippen LogP contribution in [0, 0.1) is 13.8 Å². The number of aryl methyl sites for hydroxylation is 2. The standard InChI is InChI=1S/C12H19N3O/c1-8-4-9(2)6-11(5-8)15(12(14)16)7-10(3)13/h4-6,10H,7,13H2,1-3H3,(H2,14,16). The van der Waals surface area contributed by atoms with E-state index in [-0.39, 0.29) is 6.04 Å². The molecule has 0 aliphatic rings. The summed E-state index contributed by atoms with van der Waals surface area (Å²) in [7, 11) is 0. The van der Waals surface area contributed by atoms with Crippen molar-refractivity contribution in [1.29, 1.82) is 0 Å². The molecule has 0 saturated carbocycles. The molecule has 0 aliphatic heterocycles. The summed E-state index contributed by atoms with van der Waals surface area (Å²) in [6, 6.07) is 5.34. The van der Waals surface area contributed by atoms with Gasteiger partial charge in [0, 0.05) is 18.3 Å². The molecule has 0 heterocycles. The normalized spacial score (nSPS) is 12.2. The molecule has 0 aliphatic carbocycles. The molecule has 0 aromatic heterocycles. The van der Waals surface area contributed by atoms with Gasteiger partial charge < -0.3 is 11.5 Å². The Bertz CT molecular complexity index is 368. The smallest absolute Gasteiger partial charge is 0.319 e. The first kappa shape index (κ1) is 12.5. The second kappa shape index (κ2) is 4.99. The van der Waals surface area contributed by atoms with Gasteiger partial charge in [0.2, 0.25) is 0 Å². The number of anilines is 1. The Morgan fingerprint density at radius 1 is 1.31 bits per heavy atom. The Balaban J connectivity index is 3.05. The molecule has 0 bridgehead atoms. The number of hydrogen-bond donors (Lipinski definition) is 2. The highest BCUT2D eigenvalue weighted by molar-refractivity contribution is 5.90. The third-order valence-electron chi connectivity index (χ3n) is 2.25. The van der Waals surface area contributed by atoms with E-state index in [0.717, 1.165) is 16.8 Å². The number of primary amides is 1. The maximum Gasteiger partial charge on any atom is 0.319 e. The number of nitrogens with zero attached hydrogens (tertiary/aromatic N) is 1. The highest BCUT2D eigenvalue weighted by Crippen LogP contribution is 2.18. The molecular formula is C12H19N3O. The fraction of sp³-hybridized carbons (Fsp3) is 0.417. The monoisotopic (exact) mass is 221 g/mol. The van der Waals surface area contributed by atoms with Gasteiger partial charge in [0.1, 0.15) is 0 Å². The van der Waals surface area contributed by atoms with Crippen molar-refractivity contribution in [3.8, 4) is 0 Å². The van der Waals surface area contributed by atoms with Crippen LogP contribution in [0.25, 0.3) is 0 Å². The van der Waals surface area contributed by atoms with Crippen LogP contribution in [-0.2, 0) is 0 Å². The van der Waals surface area contributed by atoms with Crippen molar-refractivity contribution in [1.82, 2.24) is 0 Å². The molecule has 0 radical (unpaired) electrons. The quantitative estimate of drug-likeness (QED) is 0.812. The number of hydrogen-bond acceptors (Lipinski definition) is 2. The van der Waals surface area contributed by atoms with E-state index >= 15 is 0 Å². The van der Waals surface area contributed by atoms with Crippen molar-refractivity contribution in [2.24, 2.45) is 11.5 Å². The van der Waals surface area contributed by atoms with E-state index in [1.165, 1.54) is 4.90 Å². The highest BCUT2D eigenvalue weighted by atomic mass is 16.2. The van der Waals surface area contributed by atoms with E-state index in [1.54, 1.807) is 0 Å². The molecule has 88 valence electrons. The van der Waals surface area contributed by atoms with Crippen molar-refractivity contribution >= 4 is 11.7 Å². The third kappa shape index (κ3) is 3.24. The summed E-state index contributed by atoms with van der Waals surface area (Å²) in [5, 5.41) is 0. The fourth-order valence-electron chi connectivity index (χ4n) is 1.72. The predicted octanol–water partition coefficient (Wildman–Crippen LogP) is 1.54. The zero-order valence-corrected chi connectivity index (χ0v) is 10.0. The average molecular weight is 221 g/mol. The molecule has 1 atom stereocenters. The summed E-state index contributed by atoms with van der Waals surface area (Å²) in [6.07, 6.45) is 0. The molecule has 1 unspecified atom stereocenters. The number of carbonyl (C=O) groups excluding carboxylic acids is 1. The molecule has 1 aromatic rings. The lowest BCUT2D eigenvalue weighted by molar-refractivity contribution is 0.253. The molecule has 1 rings (SSSR count). The molecule has 1 aromatic carbocycles. The Labute approximate surface area is 96.2 Å². The van der Waals surface area contributed by atoms with Crippen LogP contribution in [-0.4, -0.2) is 18.6 Å². The van der Waals surface area contributed by atoms with Crippen molar-refractivity contribution < 1.29 is 4.79 Å². The molecule has 4 N–H and O–H groups in total. The zero-order chi connectivity index (χ0) is 12.3. The first-order valence-corrected chi connectivity index (χ1v) is 5.31. The van der Waals surface area contributed by atoms with Gasteiger partial charge in [0.25, 0.3) is 0 Å². The largest absolute Gasteiger partial charge is 0.351 e. The van der Waals surface area contributed by atoms with E-state index in [2.05, 4.69) is 6.07 Å². The van der Waals surface area contributed by atoms with Gasteiger partial charge in [-0.2, -0.15) is 0 Å². The van der Waals surface area contributed by atoms with Crippen LogP contribution in [0.4, 0.5) is 10.5 Å². The number of urea groups is 1. The minimum atomic E-state index is -0.470. The minimum absolute atomic E-state index is 0.103. The number of amides is 2. The van der Waals surface area contributed by atoms with Crippen LogP contribution in [0.2, 0.25) is 0 Å². The van der Waals surface area contributed by atoms with Crippen LogP contribution in [0.3, 0.4) is 0 Å². The minimum Gasteiger partial charge on any atom is -0.351 e. The van der Waals surface area contributed by atoms with E-state index in [0.29, 0.717) is 6.54 Å². The molecule has 16 heavy (non-hydrogen) atoms. The number of nitrogens with two attached hydrogens (primary N) is 2. The summed E-state index contributed by atoms with van der Waals surface area (Å²) in [6.45, 7) is 6.25. The maximum atomic E-state index is 11.4. The van der Waals surface area contributed by atoms with Gasteiger partial charge in [-0.1, -0.05) is 6.07 Å². The van der Waals surface area contributed by atoms with Gasteiger partial charge in [-0.05, 0) is 44.0 Å². The van der Waals surface area contributed by atoms with Crippen LogP contribution >= 0.6 is 0 Å². The van der Waals surface area contributed by atoms with Crippen LogP contribution in [0.1, 0.15) is 18.1 Å². The summed E-state index contributed by atoms with van der Waals surface area (Å²) in [5.74, 6) is 0. The van der Waals surface area contributed by atoms with Gasteiger partial charge >= 0.3 is 6.03 Å². The third-order valence-corrected chi connectivity index (χ3v) is 2.25. The summed E-state index contributed by atoms with van der Waals surface area (Å²) < 4.78 is 0. The van der Waals surface area contributed by atoms with Crippen molar-refractivity contribution in [3.63, 3.8) is 0 Å². The first-order chi connectivity index (χ1) is 7.40. The SMILES string of the molecule is Cc1cc(C)cc(N(CC(C)N)C(N)=O)c1. The van der Waals surface area contributed by atoms with Crippen LogP contribution in [0.15, 0.2) is 18.2 Å². The molecule has 4 nitrogen and oxygen atoms in total. The Morgan fingerprint density at radius 3 is 2.19 bits per heavy atom. The van der Waals surface area contributed by atoms with E-state index in [1.807, 2.05) is 32.9 Å². The van der Waals surface area contributed by atoms with E-state index in [9.17, 15) is 4.79 Å². The lowest BCUT2D eigenvalue weighted by Gasteiger charge is -2.23.